The molecule has 1 aromatic heterocycles. The van der Waals surface area contributed by atoms with Crippen molar-refractivity contribution < 1.29 is 22.3 Å². The Balaban J connectivity index is 1.96. The van der Waals surface area contributed by atoms with E-state index in [1.807, 2.05) is 13.0 Å². The minimum atomic E-state index is -4.44. The van der Waals surface area contributed by atoms with Crippen molar-refractivity contribution >= 4 is 5.96 Å². The summed E-state index contributed by atoms with van der Waals surface area (Å²) in [4.78, 5) is 8.20. The first-order valence-corrected chi connectivity index (χ1v) is 8.77. The third kappa shape index (κ3) is 7.81. The molecule has 1 heterocycles. The minimum Gasteiger partial charge on any atom is -0.468 e. The summed E-state index contributed by atoms with van der Waals surface area (Å²) in [6.07, 6.45) is -2.48. The molecule has 0 aliphatic carbocycles. The van der Waals surface area contributed by atoms with E-state index in [1.165, 1.54) is 18.3 Å². The van der Waals surface area contributed by atoms with Gasteiger partial charge in [-0.15, -0.1) is 0 Å². The predicted octanol–water partition coefficient (Wildman–Crippen LogP) is 3.46. The molecule has 0 unspecified atom stereocenters. The first-order valence-electron chi connectivity index (χ1n) is 8.77. The van der Waals surface area contributed by atoms with Crippen LogP contribution in [-0.4, -0.2) is 36.8 Å². The molecule has 0 amide bonds. The summed E-state index contributed by atoms with van der Waals surface area (Å²) < 4.78 is 55.1. The number of nitrogens with zero attached hydrogens (tertiary/aromatic N) is 2. The highest BCUT2D eigenvalue weighted by atomic mass is 19.4. The quantitative estimate of drug-likeness (QED) is 0.406. The molecule has 0 saturated heterocycles. The van der Waals surface area contributed by atoms with Gasteiger partial charge in [0, 0.05) is 24.8 Å². The third-order valence-electron chi connectivity index (χ3n) is 3.57. The van der Waals surface area contributed by atoms with E-state index in [1.54, 1.807) is 18.2 Å². The van der Waals surface area contributed by atoms with Gasteiger partial charge in [0.1, 0.15) is 5.82 Å². The number of alkyl halides is 3. The second kappa shape index (κ2) is 10.5. The highest BCUT2D eigenvalue weighted by Gasteiger charge is 2.29. The van der Waals surface area contributed by atoms with Gasteiger partial charge in [0.15, 0.2) is 12.6 Å². The van der Waals surface area contributed by atoms with Crippen LogP contribution >= 0.6 is 0 Å². The van der Waals surface area contributed by atoms with E-state index in [0.717, 1.165) is 5.56 Å². The number of hydrogen-bond donors (Lipinski definition) is 2. The molecule has 0 fully saturated rings. The van der Waals surface area contributed by atoms with Crippen molar-refractivity contribution in [2.24, 2.45) is 4.99 Å². The van der Waals surface area contributed by atoms with Crippen molar-refractivity contribution in [1.82, 2.24) is 15.6 Å². The number of guanidine groups is 1. The van der Waals surface area contributed by atoms with Gasteiger partial charge in [-0.25, -0.2) is 14.4 Å². The molecule has 0 atom stereocenters. The molecule has 0 aliphatic rings. The summed E-state index contributed by atoms with van der Waals surface area (Å²) in [6, 6.07) is 9.54. The fourth-order valence-corrected chi connectivity index (χ4v) is 2.35. The summed E-state index contributed by atoms with van der Waals surface area (Å²) in [5, 5.41) is 6.16. The molecule has 2 aromatic rings. The molecule has 0 aliphatic heterocycles. The monoisotopic (exact) mass is 398 g/mol. The maximum atomic E-state index is 13.2. The van der Waals surface area contributed by atoms with Crippen molar-refractivity contribution in [3.8, 4) is 5.88 Å². The normalized spacial score (nSPS) is 12.0. The Kier molecular flexibility index (Phi) is 8.03. The summed E-state index contributed by atoms with van der Waals surface area (Å²) in [5.74, 6) is 0.102. The van der Waals surface area contributed by atoms with Crippen LogP contribution in [0.5, 0.6) is 5.88 Å². The molecule has 2 rings (SSSR count). The molecule has 1 aromatic carbocycles. The lowest BCUT2D eigenvalue weighted by atomic mass is 10.1. The van der Waals surface area contributed by atoms with Gasteiger partial charge in [-0.1, -0.05) is 18.2 Å². The lowest BCUT2D eigenvalue weighted by Crippen LogP contribution is -2.38. The Hall–Kier alpha value is -2.84. The van der Waals surface area contributed by atoms with Crippen LogP contribution in [0, 0.1) is 5.82 Å². The minimum absolute atomic E-state index is 0.0936. The average Bonchev–Trinajstić information content (AvgIpc) is 2.64. The Morgan fingerprint density at radius 2 is 2.00 bits per heavy atom. The van der Waals surface area contributed by atoms with Crippen LogP contribution in [0.1, 0.15) is 18.1 Å². The number of ether oxygens (including phenoxy) is 1. The molecule has 2 N–H and O–H groups in total. The van der Waals surface area contributed by atoms with Gasteiger partial charge in [-0.05, 0) is 37.1 Å². The summed E-state index contributed by atoms with van der Waals surface area (Å²) >= 11 is 0. The third-order valence-corrected chi connectivity index (χ3v) is 3.57. The Morgan fingerprint density at radius 1 is 1.18 bits per heavy atom. The standard InChI is InChI=1S/C19H22F4N4O/c1-2-24-18(26-10-8-14-5-3-7-16(20)11-14)27-12-15-6-4-9-25-17(15)28-13-19(21,22)23/h3-7,9,11H,2,8,10,12-13H2,1H3,(H2,24,26,27). The zero-order valence-electron chi connectivity index (χ0n) is 15.4. The highest BCUT2D eigenvalue weighted by molar-refractivity contribution is 5.79. The van der Waals surface area contributed by atoms with Gasteiger partial charge in [-0.2, -0.15) is 13.2 Å². The number of hydrogen-bond acceptors (Lipinski definition) is 3. The van der Waals surface area contributed by atoms with E-state index < -0.39 is 12.8 Å². The second-order valence-corrected chi connectivity index (χ2v) is 5.87. The van der Waals surface area contributed by atoms with Gasteiger partial charge < -0.3 is 15.4 Å². The van der Waals surface area contributed by atoms with E-state index >= 15 is 0 Å². The Labute approximate surface area is 160 Å². The number of pyridine rings is 1. The van der Waals surface area contributed by atoms with Crippen molar-refractivity contribution in [2.45, 2.75) is 26.1 Å². The van der Waals surface area contributed by atoms with Crippen LogP contribution in [0.25, 0.3) is 0 Å². The smallest absolute Gasteiger partial charge is 0.422 e. The number of rotatable bonds is 8. The van der Waals surface area contributed by atoms with Gasteiger partial charge in [0.05, 0.1) is 6.54 Å². The highest BCUT2D eigenvalue weighted by Crippen LogP contribution is 2.20. The molecule has 0 spiro atoms. The van der Waals surface area contributed by atoms with Crippen LogP contribution in [-0.2, 0) is 13.0 Å². The van der Waals surface area contributed by atoms with E-state index in [-0.39, 0.29) is 18.2 Å². The zero-order chi connectivity index (χ0) is 20.4. The molecule has 0 bridgehead atoms. The van der Waals surface area contributed by atoms with Crippen molar-refractivity contribution in [3.05, 3.63) is 59.5 Å². The van der Waals surface area contributed by atoms with Gasteiger partial charge in [0.2, 0.25) is 5.88 Å². The van der Waals surface area contributed by atoms with E-state index in [9.17, 15) is 17.6 Å². The van der Waals surface area contributed by atoms with Crippen LogP contribution in [0.2, 0.25) is 0 Å². The SMILES string of the molecule is CCNC(=NCc1cccnc1OCC(F)(F)F)NCCc1cccc(F)c1. The lowest BCUT2D eigenvalue weighted by Gasteiger charge is -2.13. The topological polar surface area (TPSA) is 58.5 Å². The van der Waals surface area contributed by atoms with Crippen molar-refractivity contribution in [2.75, 3.05) is 19.7 Å². The molecular formula is C19H22F4N4O. The first kappa shape index (κ1) is 21.5. The molecule has 152 valence electrons. The number of benzene rings is 1. The van der Waals surface area contributed by atoms with Crippen LogP contribution < -0.4 is 15.4 Å². The molecule has 28 heavy (non-hydrogen) atoms. The molecular weight excluding hydrogens is 376 g/mol. The van der Waals surface area contributed by atoms with E-state index in [4.69, 9.17) is 4.74 Å². The molecule has 0 saturated carbocycles. The van der Waals surface area contributed by atoms with E-state index in [2.05, 4.69) is 20.6 Å². The fraction of sp³-hybridized carbons (Fsp3) is 0.368. The average molecular weight is 398 g/mol. The summed E-state index contributed by atoms with van der Waals surface area (Å²) in [5.41, 5.74) is 1.28. The van der Waals surface area contributed by atoms with Crippen LogP contribution in [0.3, 0.4) is 0 Å². The Bertz CT molecular complexity index is 781. The van der Waals surface area contributed by atoms with Gasteiger partial charge in [-0.3, -0.25) is 0 Å². The number of aromatic nitrogens is 1. The second-order valence-electron chi connectivity index (χ2n) is 5.87. The number of aliphatic imine (C=N–C) groups is 1. The molecule has 0 radical (unpaired) electrons. The maximum Gasteiger partial charge on any atom is 0.422 e. The van der Waals surface area contributed by atoms with Crippen molar-refractivity contribution in [1.29, 1.82) is 0 Å². The fourth-order valence-electron chi connectivity index (χ4n) is 2.35. The van der Waals surface area contributed by atoms with Gasteiger partial charge in [0.25, 0.3) is 0 Å². The maximum absolute atomic E-state index is 13.2. The summed E-state index contributed by atoms with van der Waals surface area (Å²) in [7, 11) is 0. The summed E-state index contributed by atoms with van der Waals surface area (Å²) in [6.45, 7) is 1.70. The Morgan fingerprint density at radius 3 is 2.71 bits per heavy atom. The van der Waals surface area contributed by atoms with Crippen molar-refractivity contribution in [3.63, 3.8) is 0 Å². The van der Waals surface area contributed by atoms with E-state index in [0.29, 0.717) is 31.0 Å². The largest absolute Gasteiger partial charge is 0.468 e. The lowest BCUT2D eigenvalue weighted by molar-refractivity contribution is -0.154. The first-order chi connectivity index (χ1) is 13.4. The van der Waals surface area contributed by atoms with Gasteiger partial charge >= 0.3 is 6.18 Å². The van der Waals surface area contributed by atoms with Crippen LogP contribution in [0.15, 0.2) is 47.6 Å². The number of halogens is 4. The molecule has 5 nitrogen and oxygen atoms in total. The number of nitrogens with one attached hydrogen (secondary N) is 2. The van der Waals surface area contributed by atoms with Crippen LogP contribution in [0.4, 0.5) is 17.6 Å². The molecule has 9 heteroatoms. The zero-order valence-corrected chi connectivity index (χ0v) is 15.4. The predicted molar refractivity (Wildman–Crippen MR) is 98.7 cm³/mol.